The number of aryl methyl sites for hydroxylation is 1. The van der Waals surface area contributed by atoms with Crippen LogP contribution in [0.5, 0.6) is 0 Å². The summed E-state index contributed by atoms with van der Waals surface area (Å²) < 4.78 is 4.22. The van der Waals surface area contributed by atoms with Crippen LogP contribution in [0, 0.1) is 11.7 Å². The van der Waals surface area contributed by atoms with Crippen molar-refractivity contribution in [2.24, 2.45) is 0 Å². The van der Waals surface area contributed by atoms with Crippen LogP contribution in [0.25, 0.3) is 11.4 Å². The Hall–Kier alpha value is -1.69. The van der Waals surface area contributed by atoms with Gasteiger partial charge in [0.25, 0.3) is 5.56 Å². The molecule has 2 aromatic rings. The van der Waals surface area contributed by atoms with Gasteiger partial charge in [0.05, 0.1) is 5.56 Å². The molecule has 0 saturated heterocycles. The number of hydrogen-bond acceptors (Lipinski definition) is 3. The fourth-order valence-corrected chi connectivity index (χ4v) is 2.63. The van der Waals surface area contributed by atoms with E-state index in [1.807, 2.05) is 30.5 Å². The average Bonchev–Trinajstić information content (AvgIpc) is 2.80. The van der Waals surface area contributed by atoms with Crippen LogP contribution in [0.4, 0.5) is 0 Å². The lowest BCUT2D eigenvalue weighted by atomic mass is 10.2. The first-order chi connectivity index (χ1) is 9.51. The van der Waals surface area contributed by atoms with Crippen LogP contribution in [0.15, 0.2) is 16.9 Å². The van der Waals surface area contributed by atoms with Gasteiger partial charge in [-0.05, 0) is 51.5 Å². The maximum Gasteiger partial charge on any atom is 0.261 e. The highest BCUT2D eigenvalue weighted by Crippen LogP contribution is 2.20. The lowest BCUT2D eigenvalue weighted by Gasteiger charge is -2.14. The molecule has 1 N–H and O–H groups in total. The second-order valence-corrected chi connectivity index (χ2v) is 5.30. The Kier molecular flexibility index (Phi) is 4.23. The molecule has 0 radical (unpaired) electrons. The lowest BCUT2D eigenvalue weighted by molar-refractivity contribution is 0.528. The highest BCUT2D eigenvalue weighted by Gasteiger charge is 2.17. The van der Waals surface area contributed by atoms with Gasteiger partial charge >= 0.3 is 0 Å². The number of H-pyrrole nitrogens is 1. The maximum atomic E-state index is 12.6. The first-order valence-corrected chi connectivity index (χ1v) is 7.29. The van der Waals surface area contributed by atoms with E-state index in [1.54, 1.807) is 4.57 Å². The summed E-state index contributed by atoms with van der Waals surface area (Å²) in [5.74, 6) is 0.622. The van der Waals surface area contributed by atoms with Gasteiger partial charge in [0.2, 0.25) is 0 Å². The molecule has 0 aliphatic carbocycles. The van der Waals surface area contributed by atoms with E-state index in [-0.39, 0.29) is 11.6 Å². The average molecular weight is 292 g/mol. The number of aromatic amines is 1. The summed E-state index contributed by atoms with van der Waals surface area (Å²) in [7, 11) is 0. The lowest BCUT2D eigenvalue weighted by Crippen LogP contribution is -2.24. The molecule has 0 bridgehead atoms. The number of rotatable bonds is 4. The molecular weight excluding hydrogens is 272 g/mol. The Labute approximate surface area is 123 Å². The number of pyridine rings is 1. The number of aromatic nitrogens is 4. The van der Waals surface area contributed by atoms with Crippen LogP contribution in [-0.2, 0) is 6.54 Å². The van der Waals surface area contributed by atoms with Crippen molar-refractivity contribution in [1.29, 1.82) is 0 Å². The fraction of sp³-hybridized carbons (Fsp3) is 0.500. The number of hydrogen-bond donors (Lipinski definition) is 1. The summed E-state index contributed by atoms with van der Waals surface area (Å²) in [6.45, 7) is 8.70. The van der Waals surface area contributed by atoms with Gasteiger partial charge in [-0.3, -0.25) is 14.5 Å². The summed E-state index contributed by atoms with van der Waals surface area (Å²) in [4.78, 5) is 12.6. The van der Waals surface area contributed by atoms with E-state index in [9.17, 15) is 4.79 Å². The molecule has 1 atom stereocenters. The summed E-state index contributed by atoms with van der Waals surface area (Å²) in [6, 6.07) is 3.97. The highest BCUT2D eigenvalue weighted by molar-refractivity contribution is 7.71. The van der Waals surface area contributed by atoms with E-state index in [0.717, 1.165) is 12.1 Å². The van der Waals surface area contributed by atoms with Crippen molar-refractivity contribution in [3.63, 3.8) is 0 Å². The van der Waals surface area contributed by atoms with Gasteiger partial charge in [-0.15, -0.1) is 0 Å². The van der Waals surface area contributed by atoms with E-state index in [4.69, 9.17) is 12.2 Å². The number of nitrogens with one attached hydrogen (secondary N) is 1. The molecule has 2 aromatic heterocycles. The topological polar surface area (TPSA) is 55.6 Å². The van der Waals surface area contributed by atoms with Gasteiger partial charge in [-0.25, -0.2) is 0 Å². The molecule has 0 spiro atoms. The Morgan fingerprint density at radius 3 is 2.70 bits per heavy atom. The molecule has 0 aliphatic rings. The van der Waals surface area contributed by atoms with Crippen molar-refractivity contribution in [3.8, 4) is 11.4 Å². The Balaban J connectivity index is 2.71. The van der Waals surface area contributed by atoms with Crippen LogP contribution in [0.1, 0.15) is 38.9 Å². The minimum atomic E-state index is -0.0222. The van der Waals surface area contributed by atoms with Gasteiger partial charge in [-0.2, -0.15) is 5.10 Å². The van der Waals surface area contributed by atoms with Crippen molar-refractivity contribution in [3.05, 3.63) is 33.0 Å². The predicted octanol–water partition coefficient (Wildman–Crippen LogP) is 3.07. The van der Waals surface area contributed by atoms with E-state index in [2.05, 4.69) is 24.0 Å². The Morgan fingerprint density at radius 1 is 1.40 bits per heavy atom. The third kappa shape index (κ3) is 2.35. The molecule has 2 rings (SSSR count). The quantitative estimate of drug-likeness (QED) is 0.881. The first kappa shape index (κ1) is 14.7. The summed E-state index contributed by atoms with van der Waals surface area (Å²) in [5, 5.41) is 7.05. The van der Waals surface area contributed by atoms with Gasteiger partial charge in [0.15, 0.2) is 10.6 Å². The summed E-state index contributed by atoms with van der Waals surface area (Å²) >= 11 is 5.28. The molecule has 5 nitrogen and oxygen atoms in total. The van der Waals surface area contributed by atoms with Gasteiger partial charge in [0.1, 0.15) is 0 Å². The molecule has 108 valence electrons. The normalized spacial score (nSPS) is 12.6. The first-order valence-electron chi connectivity index (χ1n) is 6.88. The molecular formula is C14H20N4OS. The summed E-state index contributed by atoms with van der Waals surface area (Å²) in [6.07, 6.45) is 0.925. The second kappa shape index (κ2) is 5.75. The SMILES string of the molecule is CCC(C)n1c(-c2ccc(C)n(CC)c2=O)n[nH]c1=S. The monoisotopic (exact) mass is 292 g/mol. The van der Waals surface area contributed by atoms with Crippen LogP contribution < -0.4 is 5.56 Å². The highest BCUT2D eigenvalue weighted by atomic mass is 32.1. The molecule has 20 heavy (non-hydrogen) atoms. The maximum absolute atomic E-state index is 12.6. The fourth-order valence-electron chi connectivity index (χ4n) is 2.32. The van der Waals surface area contributed by atoms with Gasteiger partial charge in [-0.1, -0.05) is 6.92 Å². The summed E-state index contributed by atoms with van der Waals surface area (Å²) in [5.41, 5.74) is 1.52. The van der Waals surface area contributed by atoms with Crippen molar-refractivity contribution >= 4 is 12.2 Å². The molecule has 0 aliphatic heterocycles. The Bertz CT molecular complexity index is 726. The van der Waals surface area contributed by atoms with E-state index < -0.39 is 0 Å². The van der Waals surface area contributed by atoms with Gasteiger partial charge < -0.3 is 4.57 Å². The largest absolute Gasteiger partial charge is 0.313 e. The zero-order chi connectivity index (χ0) is 14.9. The molecule has 0 aromatic carbocycles. The van der Waals surface area contributed by atoms with E-state index >= 15 is 0 Å². The third-order valence-corrected chi connectivity index (χ3v) is 3.97. The van der Waals surface area contributed by atoms with Crippen molar-refractivity contribution in [1.82, 2.24) is 19.3 Å². The van der Waals surface area contributed by atoms with Gasteiger partial charge in [0, 0.05) is 18.3 Å². The standard InChI is InChI=1S/C14H20N4OS/c1-5-9(3)18-12(15-16-14(18)20)11-8-7-10(4)17(6-2)13(11)19/h7-9H,5-6H2,1-4H3,(H,16,20). The zero-order valence-corrected chi connectivity index (χ0v) is 13.1. The second-order valence-electron chi connectivity index (χ2n) is 4.92. The molecule has 2 heterocycles. The molecule has 1 unspecified atom stereocenters. The molecule has 6 heteroatoms. The smallest absolute Gasteiger partial charge is 0.261 e. The predicted molar refractivity (Wildman–Crippen MR) is 82.5 cm³/mol. The minimum Gasteiger partial charge on any atom is -0.313 e. The van der Waals surface area contributed by atoms with Crippen LogP contribution in [0.2, 0.25) is 0 Å². The zero-order valence-electron chi connectivity index (χ0n) is 12.3. The Morgan fingerprint density at radius 2 is 2.10 bits per heavy atom. The third-order valence-electron chi connectivity index (χ3n) is 3.69. The van der Waals surface area contributed by atoms with Crippen molar-refractivity contribution < 1.29 is 0 Å². The molecule has 0 saturated carbocycles. The van der Waals surface area contributed by atoms with Crippen LogP contribution in [0.3, 0.4) is 0 Å². The van der Waals surface area contributed by atoms with E-state index in [0.29, 0.717) is 22.7 Å². The molecule has 0 fully saturated rings. The molecule has 0 amide bonds. The van der Waals surface area contributed by atoms with Crippen molar-refractivity contribution in [2.45, 2.75) is 46.7 Å². The van der Waals surface area contributed by atoms with E-state index in [1.165, 1.54) is 0 Å². The van der Waals surface area contributed by atoms with Crippen LogP contribution >= 0.6 is 12.2 Å². The van der Waals surface area contributed by atoms with Crippen molar-refractivity contribution in [2.75, 3.05) is 0 Å². The number of nitrogens with zero attached hydrogens (tertiary/aromatic N) is 3. The minimum absolute atomic E-state index is 0.0222. The van der Waals surface area contributed by atoms with Crippen LogP contribution in [-0.4, -0.2) is 19.3 Å².